The molecular weight excluding hydrogens is 320 g/mol. The van der Waals surface area contributed by atoms with E-state index in [4.69, 9.17) is 4.74 Å². The normalized spacial score (nSPS) is 33.3. The highest BCUT2D eigenvalue weighted by atomic mass is 32.1. The predicted octanol–water partition coefficient (Wildman–Crippen LogP) is 2.04. The minimum Gasteiger partial charge on any atom is -0.374 e. The third-order valence-corrected chi connectivity index (χ3v) is 6.67. The fourth-order valence-electron chi connectivity index (χ4n) is 4.72. The molecule has 132 valence electrons. The van der Waals surface area contributed by atoms with E-state index < -0.39 is 0 Å². The van der Waals surface area contributed by atoms with Crippen LogP contribution in [0.4, 0.5) is 0 Å². The van der Waals surface area contributed by atoms with E-state index in [-0.39, 0.29) is 0 Å². The number of hydrogen-bond acceptors (Lipinski definition) is 4. The van der Waals surface area contributed by atoms with Gasteiger partial charge in [-0.1, -0.05) is 0 Å². The van der Waals surface area contributed by atoms with Gasteiger partial charge in [0, 0.05) is 38.5 Å². The molecule has 0 aromatic carbocycles. The monoisotopic (exact) mass is 348 g/mol. The molecule has 5 atom stereocenters. The molecule has 1 aromatic rings. The Hall–Kier alpha value is -1.11. The van der Waals surface area contributed by atoms with E-state index in [0.717, 1.165) is 25.6 Å². The number of nitrogens with one attached hydrogen (secondary N) is 1. The van der Waals surface area contributed by atoms with E-state index in [2.05, 4.69) is 51.0 Å². The first-order chi connectivity index (χ1) is 11.7. The molecule has 0 amide bonds. The minimum atomic E-state index is 0.370. The van der Waals surface area contributed by atoms with Gasteiger partial charge in [-0.05, 0) is 49.3 Å². The van der Waals surface area contributed by atoms with Gasteiger partial charge < -0.3 is 19.9 Å². The van der Waals surface area contributed by atoms with Crippen LogP contribution < -0.4 is 5.32 Å². The zero-order chi connectivity index (χ0) is 16.7. The van der Waals surface area contributed by atoms with E-state index in [1.165, 1.54) is 18.4 Å². The Morgan fingerprint density at radius 1 is 1.38 bits per heavy atom. The van der Waals surface area contributed by atoms with Crippen molar-refractivity contribution in [2.45, 2.75) is 31.1 Å². The summed E-state index contributed by atoms with van der Waals surface area (Å²) >= 11 is 1.76. The van der Waals surface area contributed by atoms with Gasteiger partial charge >= 0.3 is 0 Å². The molecule has 0 saturated carbocycles. The molecule has 4 heterocycles. The Morgan fingerprint density at radius 3 is 2.62 bits per heavy atom. The van der Waals surface area contributed by atoms with Crippen LogP contribution in [0.25, 0.3) is 0 Å². The number of fused-ring (bicyclic) bond motifs is 5. The summed E-state index contributed by atoms with van der Waals surface area (Å²) in [6.07, 6.45) is 3.52. The maximum absolute atomic E-state index is 6.09. The smallest absolute Gasteiger partial charge is 0.193 e. The summed E-state index contributed by atoms with van der Waals surface area (Å²) in [6, 6.07) is 2.59. The maximum Gasteiger partial charge on any atom is 0.193 e. The average molecular weight is 349 g/mol. The first-order valence-electron chi connectivity index (χ1n) is 8.97. The zero-order valence-corrected chi connectivity index (χ0v) is 15.6. The molecule has 3 fully saturated rings. The topological polar surface area (TPSA) is 40.1 Å². The summed E-state index contributed by atoms with van der Waals surface area (Å²) < 4.78 is 6.09. The fraction of sp³-hybridized carbons (Fsp3) is 0.722. The Labute approximate surface area is 148 Å². The largest absolute Gasteiger partial charge is 0.374 e. The van der Waals surface area contributed by atoms with Crippen LogP contribution in [0.1, 0.15) is 24.4 Å². The van der Waals surface area contributed by atoms with Gasteiger partial charge in [0.05, 0.1) is 18.2 Å². The first-order valence-corrected chi connectivity index (χ1v) is 9.91. The lowest BCUT2D eigenvalue weighted by molar-refractivity contribution is 0.0767. The van der Waals surface area contributed by atoms with Crippen LogP contribution >= 0.6 is 11.3 Å². The third kappa shape index (κ3) is 2.85. The van der Waals surface area contributed by atoms with E-state index in [9.17, 15) is 0 Å². The van der Waals surface area contributed by atoms with Gasteiger partial charge in [0.1, 0.15) is 0 Å². The van der Waals surface area contributed by atoms with Crippen LogP contribution in [0.3, 0.4) is 0 Å². The van der Waals surface area contributed by atoms with E-state index >= 15 is 0 Å². The molecule has 3 aliphatic heterocycles. The van der Waals surface area contributed by atoms with Crippen molar-refractivity contribution in [1.29, 1.82) is 0 Å². The van der Waals surface area contributed by atoms with Crippen LogP contribution in [-0.4, -0.2) is 68.7 Å². The fourth-order valence-corrected chi connectivity index (χ4v) is 5.42. The molecule has 24 heavy (non-hydrogen) atoms. The molecule has 2 bridgehead atoms. The summed E-state index contributed by atoms with van der Waals surface area (Å²) in [5, 5.41) is 8.01. The van der Waals surface area contributed by atoms with Crippen LogP contribution in [-0.2, 0) is 4.74 Å². The Bertz CT molecular complexity index is 570. The SMILES string of the molecule is CN=C(NCC(c1ccsc1)N(C)C)N1CC2C3CCC(O3)C2C1. The number of nitrogens with zero attached hydrogens (tertiary/aromatic N) is 3. The number of guanidine groups is 1. The van der Waals surface area contributed by atoms with Crippen molar-refractivity contribution in [2.75, 3.05) is 40.8 Å². The van der Waals surface area contributed by atoms with Gasteiger partial charge in [-0.2, -0.15) is 11.3 Å². The van der Waals surface area contributed by atoms with Gasteiger partial charge in [-0.25, -0.2) is 0 Å². The number of rotatable bonds is 4. The average Bonchev–Trinajstić information content (AvgIpc) is 3.33. The molecule has 6 heteroatoms. The molecule has 3 aliphatic rings. The zero-order valence-electron chi connectivity index (χ0n) is 14.8. The summed E-state index contributed by atoms with van der Waals surface area (Å²) in [7, 11) is 6.18. The highest BCUT2D eigenvalue weighted by Crippen LogP contribution is 2.47. The number of likely N-dealkylation sites (tertiary alicyclic amines) is 1. The third-order valence-electron chi connectivity index (χ3n) is 5.97. The van der Waals surface area contributed by atoms with E-state index in [0.29, 0.717) is 30.1 Å². The van der Waals surface area contributed by atoms with Crippen molar-refractivity contribution < 1.29 is 4.74 Å². The van der Waals surface area contributed by atoms with Crippen molar-refractivity contribution in [3.63, 3.8) is 0 Å². The molecule has 5 unspecified atom stereocenters. The second kappa shape index (κ2) is 6.65. The highest BCUT2D eigenvalue weighted by Gasteiger charge is 2.53. The van der Waals surface area contributed by atoms with Gasteiger partial charge in [-0.15, -0.1) is 0 Å². The maximum atomic E-state index is 6.09. The number of aliphatic imine (C=N–C) groups is 1. The van der Waals surface area contributed by atoms with Gasteiger partial charge in [0.25, 0.3) is 0 Å². The molecular formula is C18H28N4OS. The number of thiophene rings is 1. The van der Waals surface area contributed by atoms with Crippen molar-refractivity contribution >= 4 is 17.3 Å². The van der Waals surface area contributed by atoms with E-state index in [1.807, 2.05) is 7.05 Å². The van der Waals surface area contributed by atoms with E-state index in [1.54, 1.807) is 11.3 Å². The molecule has 0 aliphatic carbocycles. The summed E-state index contributed by atoms with van der Waals surface area (Å²) in [5.74, 6) is 2.47. The summed E-state index contributed by atoms with van der Waals surface area (Å²) in [6.45, 7) is 3.07. The predicted molar refractivity (Wildman–Crippen MR) is 98.6 cm³/mol. The molecule has 3 saturated heterocycles. The number of hydrogen-bond donors (Lipinski definition) is 1. The van der Waals surface area contributed by atoms with Crippen molar-refractivity contribution in [3.8, 4) is 0 Å². The number of likely N-dealkylation sites (N-methyl/N-ethyl adjacent to an activating group) is 1. The van der Waals surface area contributed by atoms with Crippen LogP contribution in [0.15, 0.2) is 21.8 Å². The van der Waals surface area contributed by atoms with Crippen molar-refractivity contribution in [3.05, 3.63) is 22.4 Å². The summed E-state index contributed by atoms with van der Waals surface area (Å²) in [5.41, 5.74) is 1.37. The van der Waals surface area contributed by atoms with Gasteiger partial charge in [0.15, 0.2) is 5.96 Å². The Balaban J connectivity index is 1.38. The molecule has 1 N–H and O–H groups in total. The van der Waals surface area contributed by atoms with Crippen molar-refractivity contribution in [1.82, 2.24) is 15.1 Å². The van der Waals surface area contributed by atoms with Crippen LogP contribution in [0.5, 0.6) is 0 Å². The second-order valence-corrected chi connectivity index (χ2v) is 8.27. The lowest BCUT2D eigenvalue weighted by atomic mass is 9.82. The minimum absolute atomic E-state index is 0.370. The van der Waals surface area contributed by atoms with Crippen LogP contribution in [0, 0.1) is 11.8 Å². The lowest BCUT2D eigenvalue weighted by Crippen LogP contribution is -2.44. The quantitative estimate of drug-likeness (QED) is 0.668. The van der Waals surface area contributed by atoms with Gasteiger partial charge in [0.2, 0.25) is 0 Å². The summed E-state index contributed by atoms with van der Waals surface area (Å²) in [4.78, 5) is 9.28. The molecule has 1 aromatic heterocycles. The highest BCUT2D eigenvalue weighted by molar-refractivity contribution is 7.07. The molecule has 5 nitrogen and oxygen atoms in total. The second-order valence-electron chi connectivity index (χ2n) is 7.49. The molecule has 4 rings (SSSR count). The molecule has 0 spiro atoms. The Morgan fingerprint density at radius 2 is 2.08 bits per heavy atom. The lowest BCUT2D eigenvalue weighted by Gasteiger charge is -2.28. The Kier molecular flexibility index (Phi) is 4.54. The van der Waals surface area contributed by atoms with Crippen LogP contribution in [0.2, 0.25) is 0 Å². The number of ether oxygens (including phenoxy) is 1. The first kappa shape index (κ1) is 16.4. The van der Waals surface area contributed by atoms with Crippen molar-refractivity contribution in [2.24, 2.45) is 16.8 Å². The standard InChI is InChI=1S/C18H28N4OS/c1-19-18(20-8-15(21(2)3)12-6-7-24-11-12)22-9-13-14(10-22)17-5-4-16(13)23-17/h6-7,11,13-17H,4-5,8-10H2,1-3H3,(H,19,20). The van der Waals surface area contributed by atoms with Gasteiger partial charge in [-0.3, -0.25) is 4.99 Å². The molecule has 0 radical (unpaired) electrons.